The molecule has 1 aliphatic rings. The zero-order valence-electron chi connectivity index (χ0n) is 17.4. The highest BCUT2D eigenvalue weighted by atomic mass is 32.1. The molecule has 8 heteroatoms. The fourth-order valence-electron chi connectivity index (χ4n) is 3.53. The Morgan fingerprint density at radius 2 is 1.97 bits per heavy atom. The third-order valence-electron chi connectivity index (χ3n) is 5.12. The number of carbonyl (C=O) groups is 2. The largest absolute Gasteiger partial charge is 0.497 e. The van der Waals surface area contributed by atoms with Crippen molar-refractivity contribution in [2.75, 3.05) is 31.0 Å². The minimum atomic E-state index is -0.150. The van der Waals surface area contributed by atoms with E-state index in [0.29, 0.717) is 28.7 Å². The van der Waals surface area contributed by atoms with E-state index < -0.39 is 0 Å². The second kappa shape index (κ2) is 9.18. The van der Waals surface area contributed by atoms with Crippen LogP contribution in [-0.2, 0) is 16.0 Å². The first-order valence-electron chi connectivity index (χ1n) is 9.94. The average Bonchev–Trinajstić information content (AvgIpc) is 3.42. The number of thiazole rings is 1. The van der Waals surface area contributed by atoms with E-state index in [1.54, 1.807) is 19.1 Å². The Kier molecular flexibility index (Phi) is 6.18. The van der Waals surface area contributed by atoms with Crippen LogP contribution in [0.2, 0.25) is 0 Å². The smallest absolute Gasteiger partial charge is 0.230 e. The number of benzene rings is 2. The average molecular weight is 438 g/mol. The molecule has 3 aromatic rings. The minimum absolute atomic E-state index is 0.150. The van der Waals surface area contributed by atoms with Crippen LogP contribution in [0.25, 0.3) is 11.3 Å². The van der Waals surface area contributed by atoms with E-state index in [1.165, 1.54) is 11.3 Å². The van der Waals surface area contributed by atoms with Crippen molar-refractivity contribution in [3.63, 3.8) is 0 Å². The van der Waals surface area contributed by atoms with Gasteiger partial charge in [0.2, 0.25) is 11.8 Å². The summed E-state index contributed by atoms with van der Waals surface area (Å²) in [6.45, 7) is 0.753. The van der Waals surface area contributed by atoms with Crippen LogP contribution in [0.1, 0.15) is 18.4 Å². The Hall–Kier alpha value is -3.39. The standard InChI is InChI=1S/C23H23N3O4S/c1-29-17-9-10-20(30-2)18(13-17)19-14-31-23(24-19)25-21(27)12-15-5-7-16(8-6-15)26-11-3-4-22(26)28/h5-10,13-14H,3-4,11-12H2,1-2H3,(H,24,25,27). The summed E-state index contributed by atoms with van der Waals surface area (Å²) in [5.41, 5.74) is 3.25. The Labute approximate surface area is 184 Å². The molecule has 1 saturated heterocycles. The second-order valence-corrected chi connectivity index (χ2v) is 8.00. The van der Waals surface area contributed by atoms with E-state index in [1.807, 2.05) is 47.8 Å². The number of aromatic nitrogens is 1. The predicted molar refractivity (Wildman–Crippen MR) is 121 cm³/mol. The quantitative estimate of drug-likeness (QED) is 0.601. The highest BCUT2D eigenvalue weighted by Gasteiger charge is 2.21. The monoisotopic (exact) mass is 437 g/mol. The van der Waals surface area contributed by atoms with Gasteiger partial charge in [-0.25, -0.2) is 4.98 Å². The first-order valence-corrected chi connectivity index (χ1v) is 10.8. The van der Waals surface area contributed by atoms with Crippen LogP contribution in [0, 0.1) is 0 Å². The van der Waals surface area contributed by atoms with Crippen LogP contribution >= 0.6 is 11.3 Å². The molecule has 0 radical (unpaired) electrons. The number of hydrogen-bond donors (Lipinski definition) is 1. The molecule has 0 spiro atoms. The van der Waals surface area contributed by atoms with E-state index in [0.717, 1.165) is 29.8 Å². The molecule has 0 atom stereocenters. The van der Waals surface area contributed by atoms with Crippen LogP contribution in [0.3, 0.4) is 0 Å². The van der Waals surface area contributed by atoms with Crippen molar-refractivity contribution in [3.8, 4) is 22.8 Å². The summed E-state index contributed by atoms with van der Waals surface area (Å²) in [6.07, 6.45) is 1.72. The first kappa shape index (κ1) is 20.9. The topological polar surface area (TPSA) is 80.8 Å². The van der Waals surface area contributed by atoms with Gasteiger partial charge in [0.1, 0.15) is 11.5 Å². The molecule has 2 aromatic carbocycles. The maximum atomic E-state index is 12.5. The van der Waals surface area contributed by atoms with Gasteiger partial charge in [0.05, 0.1) is 26.3 Å². The normalized spacial score (nSPS) is 13.4. The number of rotatable bonds is 7. The number of ether oxygens (including phenoxy) is 2. The molecule has 2 amide bonds. The number of carbonyl (C=O) groups excluding carboxylic acids is 2. The van der Waals surface area contributed by atoms with Gasteiger partial charge in [-0.15, -0.1) is 11.3 Å². The van der Waals surface area contributed by atoms with E-state index >= 15 is 0 Å². The van der Waals surface area contributed by atoms with Gasteiger partial charge >= 0.3 is 0 Å². The van der Waals surface area contributed by atoms with Gasteiger partial charge in [-0.1, -0.05) is 12.1 Å². The van der Waals surface area contributed by atoms with E-state index in [9.17, 15) is 9.59 Å². The molecule has 1 fully saturated rings. The zero-order valence-corrected chi connectivity index (χ0v) is 18.2. The van der Waals surface area contributed by atoms with Crippen LogP contribution in [0.4, 0.5) is 10.8 Å². The van der Waals surface area contributed by atoms with E-state index in [-0.39, 0.29) is 18.2 Å². The van der Waals surface area contributed by atoms with Crippen molar-refractivity contribution in [2.24, 2.45) is 0 Å². The highest BCUT2D eigenvalue weighted by Crippen LogP contribution is 2.35. The summed E-state index contributed by atoms with van der Waals surface area (Å²) >= 11 is 1.35. The summed E-state index contributed by atoms with van der Waals surface area (Å²) in [5, 5.41) is 5.24. The van der Waals surface area contributed by atoms with Crippen molar-refractivity contribution in [2.45, 2.75) is 19.3 Å². The molecule has 0 saturated carbocycles. The number of amides is 2. The Morgan fingerprint density at radius 1 is 1.16 bits per heavy atom. The Morgan fingerprint density at radius 3 is 2.65 bits per heavy atom. The molecule has 7 nitrogen and oxygen atoms in total. The van der Waals surface area contributed by atoms with Crippen molar-refractivity contribution < 1.29 is 19.1 Å². The summed E-state index contributed by atoms with van der Waals surface area (Å²) < 4.78 is 10.7. The number of nitrogens with one attached hydrogen (secondary N) is 1. The molecular weight excluding hydrogens is 414 g/mol. The fraction of sp³-hybridized carbons (Fsp3) is 0.261. The summed E-state index contributed by atoms with van der Waals surface area (Å²) in [5.74, 6) is 1.38. The second-order valence-electron chi connectivity index (χ2n) is 7.14. The molecular formula is C23H23N3O4S. The molecule has 1 N–H and O–H groups in total. The lowest BCUT2D eigenvalue weighted by molar-refractivity contribution is -0.117. The van der Waals surface area contributed by atoms with Gasteiger partial charge in [0.25, 0.3) is 0 Å². The van der Waals surface area contributed by atoms with E-state index in [4.69, 9.17) is 9.47 Å². The lowest BCUT2D eigenvalue weighted by Crippen LogP contribution is -2.23. The molecule has 0 bridgehead atoms. The molecule has 31 heavy (non-hydrogen) atoms. The van der Waals surface area contributed by atoms with Gasteiger partial charge < -0.3 is 19.7 Å². The molecule has 0 aliphatic carbocycles. The van der Waals surface area contributed by atoms with Crippen LogP contribution in [-0.4, -0.2) is 37.6 Å². The SMILES string of the molecule is COc1ccc(OC)c(-c2csc(NC(=O)Cc3ccc(N4CCCC4=O)cc3)n2)c1. The van der Waals surface area contributed by atoms with Gasteiger partial charge in [0.15, 0.2) is 5.13 Å². The zero-order chi connectivity index (χ0) is 21.8. The Balaban J connectivity index is 1.41. The third-order valence-corrected chi connectivity index (χ3v) is 5.88. The number of anilines is 2. The van der Waals surface area contributed by atoms with Gasteiger partial charge in [-0.2, -0.15) is 0 Å². The van der Waals surface area contributed by atoms with Crippen molar-refractivity contribution >= 4 is 34.0 Å². The summed E-state index contributed by atoms with van der Waals surface area (Å²) in [7, 11) is 3.21. The number of hydrogen-bond acceptors (Lipinski definition) is 6. The highest BCUT2D eigenvalue weighted by molar-refractivity contribution is 7.14. The summed E-state index contributed by atoms with van der Waals surface area (Å²) in [4.78, 5) is 30.7. The van der Waals surface area contributed by atoms with Gasteiger partial charge in [-0.3, -0.25) is 9.59 Å². The van der Waals surface area contributed by atoms with Crippen molar-refractivity contribution in [1.29, 1.82) is 0 Å². The maximum absolute atomic E-state index is 12.5. The van der Waals surface area contributed by atoms with Crippen LogP contribution in [0.15, 0.2) is 47.8 Å². The lowest BCUT2D eigenvalue weighted by Gasteiger charge is -2.15. The lowest BCUT2D eigenvalue weighted by atomic mass is 10.1. The Bertz CT molecular complexity index is 1090. The molecule has 2 heterocycles. The first-order chi connectivity index (χ1) is 15.1. The van der Waals surface area contributed by atoms with Crippen LogP contribution in [0.5, 0.6) is 11.5 Å². The summed E-state index contributed by atoms with van der Waals surface area (Å²) in [6, 6.07) is 13.0. The van der Waals surface area contributed by atoms with Crippen LogP contribution < -0.4 is 19.7 Å². The molecule has 1 aromatic heterocycles. The van der Waals surface area contributed by atoms with Gasteiger partial charge in [0, 0.05) is 29.6 Å². The minimum Gasteiger partial charge on any atom is -0.497 e. The predicted octanol–water partition coefficient (Wildman–Crippen LogP) is 4.14. The number of nitrogens with zero attached hydrogens (tertiary/aromatic N) is 2. The molecule has 160 valence electrons. The third kappa shape index (κ3) is 4.69. The maximum Gasteiger partial charge on any atom is 0.230 e. The van der Waals surface area contributed by atoms with Crippen molar-refractivity contribution in [3.05, 3.63) is 53.4 Å². The van der Waals surface area contributed by atoms with Gasteiger partial charge in [-0.05, 0) is 42.3 Å². The van der Waals surface area contributed by atoms with E-state index in [2.05, 4.69) is 10.3 Å². The fourth-order valence-corrected chi connectivity index (χ4v) is 4.26. The molecule has 0 unspecified atom stereocenters. The number of methoxy groups -OCH3 is 2. The van der Waals surface area contributed by atoms with Crippen molar-refractivity contribution in [1.82, 2.24) is 4.98 Å². The molecule has 4 rings (SSSR count). The molecule has 1 aliphatic heterocycles.